The quantitative estimate of drug-likeness (QED) is 0.709. The SMILES string of the molecule is CCCC(C)NC(C)C1CCOC1. The fraction of sp³-hybridized carbons (Fsp3) is 1.00. The molecule has 0 aliphatic carbocycles. The van der Waals surface area contributed by atoms with Crippen molar-refractivity contribution in [3.8, 4) is 0 Å². The third-order valence-corrected chi connectivity index (χ3v) is 2.94. The van der Waals surface area contributed by atoms with E-state index in [1.165, 1.54) is 19.3 Å². The molecular weight excluding hydrogens is 162 g/mol. The molecular formula is C11H23NO. The van der Waals surface area contributed by atoms with Crippen molar-refractivity contribution in [2.24, 2.45) is 5.92 Å². The van der Waals surface area contributed by atoms with E-state index in [9.17, 15) is 0 Å². The highest BCUT2D eigenvalue weighted by molar-refractivity contribution is 4.77. The summed E-state index contributed by atoms with van der Waals surface area (Å²) in [6.07, 6.45) is 3.77. The molecule has 0 radical (unpaired) electrons. The average molecular weight is 185 g/mol. The Morgan fingerprint density at radius 1 is 1.46 bits per heavy atom. The van der Waals surface area contributed by atoms with Crippen LogP contribution in [0.25, 0.3) is 0 Å². The van der Waals surface area contributed by atoms with Crippen LogP contribution in [0.5, 0.6) is 0 Å². The summed E-state index contributed by atoms with van der Waals surface area (Å²) in [5.74, 6) is 0.735. The first-order valence-corrected chi connectivity index (χ1v) is 5.57. The summed E-state index contributed by atoms with van der Waals surface area (Å²) in [6.45, 7) is 8.70. The van der Waals surface area contributed by atoms with E-state index in [0.29, 0.717) is 12.1 Å². The summed E-state index contributed by atoms with van der Waals surface area (Å²) in [6, 6.07) is 1.27. The zero-order valence-electron chi connectivity index (χ0n) is 9.18. The van der Waals surface area contributed by atoms with E-state index in [1.54, 1.807) is 0 Å². The van der Waals surface area contributed by atoms with Crippen LogP contribution in [0.15, 0.2) is 0 Å². The molecule has 1 saturated heterocycles. The molecule has 0 aromatic heterocycles. The normalized spacial score (nSPS) is 27.5. The maximum absolute atomic E-state index is 5.38. The Kier molecular flexibility index (Phi) is 4.74. The van der Waals surface area contributed by atoms with E-state index in [2.05, 4.69) is 26.1 Å². The van der Waals surface area contributed by atoms with Crippen molar-refractivity contribution in [1.29, 1.82) is 0 Å². The summed E-state index contributed by atoms with van der Waals surface area (Å²) in [7, 11) is 0. The number of ether oxygens (including phenoxy) is 1. The molecule has 1 rings (SSSR count). The molecule has 1 aliphatic rings. The molecule has 13 heavy (non-hydrogen) atoms. The molecule has 0 spiro atoms. The van der Waals surface area contributed by atoms with Gasteiger partial charge in [0.2, 0.25) is 0 Å². The maximum Gasteiger partial charge on any atom is 0.0509 e. The Morgan fingerprint density at radius 3 is 2.77 bits per heavy atom. The smallest absolute Gasteiger partial charge is 0.0509 e. The number of rotatable bonds is 5. The predicted octanol–water partition coefficient (Wildman–Crippen LogP) is 2.19. The molecule has 3 atom stereocenters. The van der Waals surface area contributed by atoms with Gasteiger partial charge in [0.15, 0.2) is 0 Å². The zero-order valence-corrected chi connectivity index (χ0v) is 9.18. The highest BCUT2D eigenvalue weighted by atomic mass is 16.5. The highest BCUT2D eigenvalue weighted by Gasteiger charge is 2.22. The Morgan fingerprint density at radius 2 is 2.23 bits per heavy atom. The fourth-order valence-corrected chi connectivity index (χ4v) is 2.05. The maximum atomic E-state index is 5.38. The lowest BCUT2D eigenvalue weighted by Gasteiger charge is -2.23. The van der Waals surface area contributed by atoms with Crippen LogP contribution in [0.4, 0.5) is 0 Å². The van der Waals surface area contributed by atoms with E-state index in [-0.39, 0.29) is 0 Å². The molecule has 2 heteroatoms. The minimum absolute atomic E-state index is 0.615. The van der Waals surface area contributed by atoms with Gasteiger partial charge in [-0.05, 0) is 32.6 Å². The van der Waals surface area contributed by atoms with Crippen molar-refractivity contribution < 1.29 is 4.74 Å². The van der Waals surface area contributed by atoms with Crippen LogP contribution in [0, 0.1) is 5.92 Å². The molecule has 0 aromatic rings. The zero-order chi connectivity index (χ0) is 9.68. The molecule has 0 aromatic carbocycles. The van der Waals surface area contributed by atoms with Gasteiger partial charge in [-0.3, -0.25) is 0 Å². The number of hydrogen-bond donors (Lipinski definition) is 1. The predicted molar refractivity (Wildman–Crippen MR) is 55.9 cm³/mol. The van der Waals surface area contributed by atoms with Crippen LogP contribution in [-0.4, -0.2) is 25.3 Å². The second-order valence-electron chi connectivity index (χ2n) is 4.27. The topological polar surface area (TPSA) is 21.3 Å². The standard InChI is InChI=1S/C11H23NO/c1-4-5-9(2)12-10(3)11-6-7-13-8-11/h9-12H,4-8H2,1-3H3. The van der Waals surface area contributed by atoms with E-state index in [4.69, 9.17) is 4.74 Å². The summed E-state index contributed by atoms with van der Waals surface area (Å²) >= 11 is 0. The van der Waals surface area contributed by atoms with Crippen LogP contribution < -0.4 is 5.32 Å². The van der Waals surface area contributed by atoms with Gasteiger partial charge in [0, 0.05) is 18.7 Å². The molecule has 1 fully saturated rings. The largest absolute Gasteiger partial charge is 0.381 e. The molecule has 0 bridgehead atoms. The monoisotopic (exact) mass is 185 g/mol. The first-order chi connectivity index (χ1) is 6.24. The van der Waals surface area contributed by atoms with Crippen molar-refractivity contribution in [3.05, 3.63) is 0 Å². The van der Waals surface area contributed by atoms with Crippen LogP contribution in [0.2, 0.25) is 0 Å². The molecule has 2 nitrogen and oxygen atoms in total. The van der Waals surface area contributed by atoms with Crippen LogP contribution in [0.3, 0.4) is 0 Å². The fourth-order valence-electron chi connectivity index (χ4n) is 2.05. The Labute approximate surface area is 82.0 Å². The van der Waals surface area contributed by atoms with Gasteiger partial charge in [0.05, 0.1) is 6.61 Å². The van der Waals surface area contributed by atoms with Crippen molar-refractivity contribution in [2.45, 2.75) is 52.1 Å². The lowest BCUT2D eigenvalue weighted by molar-refractivity contribution is 0.176. The summed E-state index contributed by atoms with van der Waals surface area (Å²) in [5.41, 5.74) is 0. The first-order valence-electron chi connectivity index (χ1n) is 5.57. The summed E-state index contributed by atoms with van der Waals surface area (Å²) in [4.78, 5) is 0. The second-order valence-corrected chi connectivity index (χ2v) is 4.27. The molecule has 1 aliphatic heterocycles. The molecule has 78 valence electrons. The lowest BCUT2D eigenvalue weighted by Crippen LogP contribution is -2.39. The second kappa shape index (κ2) is 5.61. The van der Waals surface area contributed by atoms with Crippen LogP contribution in [0.1, 0.15) is 40.0 Å². The Bertz CT molecular complexity index is 132. The Hall–Kier alpha value is -0.0800. The number of nitrogens with one attached hydrogen (secondary N) is 1. The third kappa shape index (κ3) is 3.65. The van der Waals surface area contributed by atoms with E-state index >= 15 is 0 Å². The van der Waals surface area contributed by atoms with Gasteiger partial charge in [-0.25, -0.2) is 0 Å². The average Bonchev–Trinajstić information content (AvgIpc) is 2.55. The Balaban J connectivity index is 2.18. The van der Waals surface area contributed by atoms with E-state index < -0.39 is 0 Å². The molecule has 0 saturated carbocycles. The van der Waals surface area contributed by atoms with Gasteiger partial charge < -0.3 is 10.1 Å². The molecule has 1 heterocycles. The van der Waals surface area contributed by atoms with Gasteiger partial charge in [0.25, 0.3) is 0 Å². The molecule has 1 N–H and O–H groups in total. The van der Waals surface area contributed by atoms with Gasteiger partial charge in [0.1, 0.15) is 0 Å². The van der Waals surface area contributed by atoms with Gasteiger partial charge in [-0.2, -0.15) is 0 Å². The summed E-state index contributed by atoms with van der Waals surface area (Å²) < 4.78 is 5.38. The molecule has 3 unspecified atom stereocenters. The van der Waals surface area contributed by atoms with E-state index in [1.807, 2.05) is 0 Å². The minimum atomic E-state index is 0.615. The van der Waals surface area contributed by atoms with Crippen molar-refractivity contribution in [3.63, 3.8) is 0 Å². The lowest BCUT2D eigenvalue weighted by atomic mass is 9.99. The van der Waals surface area contributed by atoms with Gasteiger partial charge >= 0.3 is 0 Å². The van der Waals surface area contributed by atoms with E-state index in [0.717, 1.165) is 19.1 Å². The van der Waals surface area contributed by atoms with Crippen molar-refractivity contribution in [1.82, 2.24) is 5.32 Å². The van der Waals surface area contributed by atoms with Gasteiger partial charge in [-0.1, -0.05) is 13.3 Å². The molecule has 0 amide bonds. The third-order valence-electron chi connectivity index (χ3n) is 2.94. The van der Waals surface area contributed by atoms with Crippen LogP contribution in [-0.2, 0) is 4.74 Å². The summed E-state index contributed by atoms with van der Waals surface area (Å²) in [5, 5.41) is 3.64. The number of hydrogen-bond acceptors (Lipinski definition) is 2. The first kappa shape index (κ1) is 11.0. The van der Waals surface area contributed by atoms with Crippen molar-refractivity contribution in [2.75, 3.05) is 13.2 Å². The van der Waals surface area contributed by atoms with Crippen molar-refractivity contribution >= 4 is 0 Å². The van der Waals surface area contributed by atoms with Gasteiger partial charge in [-0.15, -0.1) is 0 Å². The minimum Gasteiger partial charge on any atom is -0.381 e. The highest BCUT2D eigenvalue weighted by Crippen LogP contribution is 2.17. The van der Waals surface area contributed by atoms with Crippen LogP contribution >= 0.6 is 0 Å².